The van der Waals surface area contributed by atoms with Crippen molar-refractivity contribution in [1.29, 1.82) is 0 Å². The lowest BCUT2D eigenvalue weighted by atomic mass is 10.2. The number of carbonyl (C=O) groups is 1. The Kier molecular flexibility index (Phi) is 5.16. The zero-order valence-electron chi connectivity index (χ0n) is 13.5. The van der Waals surface area contributed by atoms with Gasteiger partial charge in [-0.3, -0.25) is 4.79 Å². The van der Waals surface area contributed by atoms with Crippen LogP contribution in [0.2, 0.25) is 5.02 Å². The average molecular weight is 354 g/mol. The number of nitrogens with zero attached hydrogens (tertiary/aromatic N) is 1. The summed E-state index contributed by atoms with van der Waals surface area (Å²) in [5, 5.41) is 6.46. The van der Waals surface area contributed by atoms with Gasteiger partial charge in [0.15, 0.2) is 0 Å². The Morgan fingerprint density at radius 3 is 2.44 bits per heavy atom. The third-order valence-corrected chi connectivity index (χ3v) is 3.78. The van der Waals surface area contributed by atoms with Crippen molar-refractivity contribution in [2.75, 3.05) is 17.7 Å². The van der Waals surface area contributed by atoms with E-state index in [-0.39, 0.29) is 5.91 Å². The minimum absolute atomic E-state index is 0.176. The molecule has 0 spiro atoms. The Morgan fingerprint density at radius 2 is 1.80 bits per heavy atom. The molecule has 25 heavy (non-hydrogen) atoms. The summed E-state index contributed by atoms with van der Waals surface area (Å²) in [7, 11) is 1.57. The predicted molar refractivity (Wildman–Crippen MR) is 99.9 cm³/mol. The van der Waals surface area contributed by atoms with Crippen LogP contribution in [0.5, 0.6) is 5.75 Å². The fraction of sp³-hybridized carbons (Fsp3) is 0.0526. The predicted octanol–water partition coefficient (Wildman–Crippen LogP) is 4.74. The van der Waals surface area contributed by atoms with Crippen LogP contribution in [0.3, 0.4) is 0 Å². The molecule has 2 N–H and O–H groups in total. The van der Waals surface area contributed by atoms with Crippen molar-refractivity contribution in [2.24, 2.45) is 0 Å². The highest BCUT2D eigenvalue weighted by molar-refractivity contribution is 6.32. The highest BCUT2D eigenvalue weighted by Crippen LogP contribution is 2.28. The standard InChI is InChI=1S/C19H16ClN3O2/c1-25-17-9-7-14(11-16(17)20)22-18-10-8-15(12-21-18)23-19(24)13-5-3-2-4-6-13/h2-12H,1H3,(H,21,22)(H,23,24). The van der Waals surface area contributed by atoms with E-state index in [4.69, 9.17) is 16.3 Å². The first-order chi connectivity index (χ1) is 12.2. The van der Waals surface area contributed by atoms with Crippen LogP contribution in [0.1, 0.15) is 10.4 Å². The number of anilines is 3. The molecule has 1 aromatic heterocycles. The highest BCUT2D eigenvalue weighted by Gasteiger charge is 2.06. The van der Waals surface area contributed by atoms with Crippen LogP contribution >= 0.6 is 11.6 Å². The summed E-state index contributed by atoms with van der Waals surface area (Å²) in [6.45, 7) is 0. The normalized spacial score (nSPS) is 10.2. The molecule has 0 aliphatic heterocycles. The van der Waals surface area contributed by atoms with Crippen molar-refractivity contribution in [3.8, 4) is 5.75 Å². The van der Waals surface area contributed by atoms with E-state index in [1.54, 1.807) is 49.7 Å². The molecule has 1 amide bonds. The SMILES string of the molecule is COc1ccc(Nc2ccc(NC(=O)c3ccccc3)cn2)cc1Cl. The third-order valence-electron chi connectivity index (χ3n) is 3.48. The lowest BCUT2D eigenvalue weighted by molar-refractivity contribution is 0.102. The molecule has 0 unspecified atom stereocenters. The molecule has 6 heteroatoms. The topological polar surface area (TPSA) is 63.2 Å². The number of benzene rings is 2. The lowest BCUT2D eigenvalue weighted by Gasteiger charge is -2.09. The van der Waals surface area contributed by atoms with Crippen LogP contribution in [-0.2, 0) is 0 Å². The fourth-order valence-electron chi connectivity index (χ4n) is 2.23. The van der Waals surface area contributed by atoms with Gasteiger partial charge >= 0.3 is 0 Å². The van der Waals surface area contributed by atoms with E-state index in [1.165, 1.54) is 0 Å². The Labute approximate surface area is 150 Å². The highest BCUT2D eigenvalue weighted by atomic mass is 35.5. The Morgan fingerprint density at radius 1 is 1.04 bits per heavy atom. The largest absolute Gasteiger partial charge is 0.495 e. The molecule has 5 nitrogen and oxygen atoms in total. The summed E-state index contributed by atoms with van der Waals surface area (Å²) in [5.74, 6) is 1.07. The van der Waals surface area contributed by atoms with Crippen LogP contribution in [0.15, 0.2) is 66.9 Å². The van der Waals surface area contributed by atoms with Gasteiger partial charge in [0, 0.05) is 11.3 Å². The van der Waals surface area contributed by atoms with Gasteiger partial charge in [-0.25, -0.2) is 4.98 Å². The van der Waals surface area contributed by atoms with Gasteiger partial charge < -0.3 is 15.4 Å². The molecule has 0 bridgehead atoms. The van der Waals surface area contributed by atoms with E-state index >= 15 is 0 Å². The van der Waals surface area contributed by atoms with E-state index in [0.29, 0.717) is 27.8 Å². The molecule has 0 radical (unpaired) electrons. The molecule has 3 aromatic rings. The first-order valence-corrected chi connectivity index (χ1v) is 7.96. The molecule has 126 valence electrons. The average Bonchev–Trinajstić information content (AvgIpc) is 2.64. The van der Waals surface area contributed by atoms with Crippen LogP contribution < -0.4 is 15.4 Å². The quantitative estimate of drug-likeness (QED) is 0.695. The fourth-order valence-corrected chi connectivity index (χ4v) is 2.48. The zero-order valence-corrected chi connectivity index (χ0v) is 14.2. The molecule has 2 aromatic carbocycles. The number of methoxy groups -OCH3 is 1. The van der Waals surface area contributed by atoms with Crippen molar-refractivity contribution in [2.45, 2.75) is 0 Å². The van der Waals surface area contributed by atoms with Gasteiger partial charge in [0.05, 0.1) is 24.0 Å². The Balaban J connectivity index is 1.66. The van der Waals surface area contributed by atoms with Crippen LogP contribution in [0.25, 0.3) is 0 Å². The van der Waals surface area contributed by atoms with Crippen molar-refractivity contribution in [3.05, 3.63) is 77.4 Å². The number of rotatable bonds is 5. The Bertz CT molecular complexity index is 868. The van der Waals surface area contributed by atoms with Gasteiger partial charge in [-0.1, -0.05) is 29.8 Å². The summed E-state index contributed by atoms with van der Waals surface area (Å²) in [6.07, 6.45) is 1.59. The molecular formula is C19H16ClN3O2. The molecule has 1 heterocycles. The smallest absolute Gasteiger partial charge is 0.255 e. The van der Waals surface area contributed by atoms with Crippen molar-refractivity contribution in [1.82, 2.24) is 4.98 Å². The summed E-state index contributed by atoms with van der Waals surface area (Å²) in [4.78, 5) is 16.4. The van der Waals surface area contributed by atoms with Gasteiger partial charge in [0.1, 0.15) is 11.6 Å². The molecule has 0 saturated heterocycles. The number of amides is 1. The second kappa shape index (κ2) is 7.68. The number of ether oxygens (including phenoxy) is 1. The summed E-state index contributed by atoms with van der Waals surface area (Å²) >= 11 is 6.10. The second-order valence-corrected chi connectivity index (χ2v) is 5.63. The minimum atomic E-state index is -0.176. The molecule has 0 saturated carbocycles. The number of aromatic nitrogens is 1. The number of halogens is 1. The van der Waals surface area contributed by atoms with Gasteiger partial charge in [-0.15, -0.1) is 0 Å². The lowest BCUT2D eigenvalue weighted by Crippen LogP contribution is -2.11. The first kappa shape index (κ1) is 16.8. The number of hydrogen-bond donors (Lipinski definition) is 2. The van der Waals surface area contributed by atoms with E-state index in [0.717, 1.165) is 5.69 Å². The van der Waals surface area contributed by atoms with Gasteiger partial charge in [-0.05, 0) is 42.5 Å². The maximum absolute atomic E-state index is 12.1. The Hall–Kier alpha value is -3.05. The van der Waals surface area contributed by atoms with E-state index in [1.807, 2.05) is 24.3 Å². The van der Waals surface area contributed by atoms with E-state index in [9.17, 15) is 4.79 Å². The number of nitrogens with one attached hydrogen (secondary N) is 2. The molecule has 0 atom stereocenters. The zero-order chi connectivity index (χ0) is 17.6. The maximum atomic E-state index is 12.1. The summed E-state index contributed by atoms with van der Waals surface area (Å²) in [5.41, 5.74) is 2.00. The number of pyridine rings is 1. The van der Waals surface area contributed by atoms with Gasteiger partial charge in [0.2, 0.25) is 0 Å². The van der Waals surface area contributed by atoms with Crippen molar-refractivity contribution >= 4 is 34.7 Å². The van der Waals surface area contributed by atoms with E-state index in [2.05, 4.69) is 15.6 Å². The van der Waals surface area contributed by atoms with Crippen LogP contribution in [0.4, 0.5) is 17.2 Å². The molecular weight excluding hydrogens is 338 g/mol. The first-order valence-electron chi connectivity index (χ1n) is 7.59. The summed E-state index contributed by atoms with van der Waals surface area (Å²) < 4.78 is 5.12. The van der Waals surface area contributed by atoms with Crippen LogP contribution in [-0.4, -0.2) is 18.0 Å². The van der Waals surface area contributed by atoms with Crippen molar-refractivity contribution < 1.29 is 9.53 Å². The third kappa shape index (κ3) is 4.28. The number of hydrogen-bond acceptors (Lipinski definition) is 4. The van der Waals surface area contributed by atoms with Crippen molar-refractivity contribution in [3.63, 3.8) is 0 Å². The van der Waals surface area contributed by atoms with Gasteiger partial charge in [0.25, 0.3) is 5.91 Å². The van der Waals surface area contributed by atoms with Gasteiger partial charge in [-0.2, -0.15) is 0 Å². The monoisotopic (exact) mass is 353 g/mol. The molecule has 0 aliphatic rings. The minimum Gasteiger partial charge on any atom is -0.495 e. The molecule has 3 rings (SSSR count). The molecule has 0 aliphatic carbocycles. The molecule has 0 fully saturated rings. The summed E-state index contributed by atoms with van der Waals surface area (Å²) in [6, 6.07) is 18.0. The maximum Gasteiger partial charge on any atom is 0.255 e. The van der Waals surface area contributed by atoms with E-state index < -0.39 is 0 Å². The second-order valence-electron chi connectivity index (χ2n) is 5.23. The van der Waals surface area contributed by atoms with Crippen LogP contribution in [0, 0.1) is 0 Å². The number of carbonyl (C=O) groups excluding carboxylic acids is 1.